The van der Waals surface area contributed by atoms with Gasteiger partial charge >= 0.3 is 0 Å². The third-order valence-corrected chi connectivity index (χ3v) is 4.23. The van der Waals surface area contributed by atoms with Crippen LogP contribution in [0.25, 0.3) is 5.69 Å². The van der Waals surface area contributed by atoms with Gasteiger partial charge in [-0.1, -0.05) is 12.1 Å². The topological polar surface area (TPSA) is 55.6 Å². The SMILES string of the molecule is CC(NC(C)c1cccc(-n2cnnn2)c1)c1ccsc1. The van der Waals surface area contributed by atoms with Crippen molar-refractivity contribution in [2.24, 2.45) is 0 Å². The van der Waals surface area contributed by atoms with Gasteiger partial charge in [0, 0.05) is 12.1 Å². The fourth-order valence-corrected chi connectivity index (χ4v) is 3.06. The maximum absolute atomic E-state index is 3.93. The Labute approximate surface area is 127 Å². The van der Waals surface area contributed by atoms with Gasteiger partial charge in [0.15, 0.2) is 0 Å². The zero-order chi connectivity index (χ0) is 14.7. The maximum atomic E-state index is 3.93. The molecule has 5 nitrogen and oxygen atoms in total. The van der Waals surface area contributed by atoms with Gasteiger partial charge in [0.2, 0.25) is 0 Å². The van der Waals surface area contributed by atoms with Crippen LogP contribution < -0.4 is 5.32 Å². The zero-order valence-electron chi connectivity index (χ0n) is 12.0. The second-order valence-corrected chi connectivity index (χ2v) is 5.80. The molecule has 3 aromatic rings. The molecule has 1 aromatic carbocycles. The van der Waals surface area contributed by atoms with Gasteiger partial charge in [-0.05, 0) is 64.4 Å². The molecule has 0 radical (unpaired) electrons. The Morgan fingerprint density at radius 2 is 2.00 bits per heavy atom. The summed E-state index contributed by atoms with van der Waals surface area (Å²) in [6, 6.07) is 11.0. The predicted molar refractivity (Wildman–Crippen MR) is 83.4 cm³/mol. The fourth-order valence-electron chi connectivity index (χ4n) is 2.31. The lowest BCUT2D eigenvalue weighted by Crippen LogP contribution is -2.22. The summed E-state index contributed by atoms with van der Waals surface area (Å²) in [5, 5.41) is 19.2. The molecule has 2 atom stereocenters. The van der Waals surface area contributed by atoms with E-state index < -0.39 is 0 Å². The van der Waals surface area contributed by atoms with Crippen molar-refractivity contribution in [2.75, 3.05) is 0 Å². The van der Waals surface area contributed by atoms with E-state index in [1.165, 1.54) is 11.1 Å². The van der Waals surface area contributed by atoms with E-state index in [0.29, 0.717) is 6.04 Å². The molecule has 0 aliphatic carbocycles. The largest absolute Gasteiger partial charge is 0.304 e. The number of nitrogens with one attached hydrogen (secondary N) is 1. The second kappa shape index (κ2) is 6.15. The highest BCUT2D eigenvalue weighted by Gasteiger charge is 2.12. The van der Waals surface area contributed by atoms with Crippen LogP contribution in [-0.4, -0.2) is 20.2 Å². The first-order valence-corrected chi connectivity index (χ1v) is 7.80. The smallest absolute Gasteiger partial charge is 0.143 e. The van der Waals surface area contributed by atoms with Gasteiger partial charge in [-0.3, -0.25) is 0 Å². The summed E-state index contributed by atoms with van der Waals surface area (Å²) in [4.78, 5) is 0. The van der Waals surface area contributed by atoms with E-state index >= 15 is 0 Å². The van der Waals surface area contributed by atoms with Crippen molar-refractivity contribution in [3.05, 3.63) is 58.5 Å². The quantitative estimate of drug-likeness (QED) is 0.786. The summed E-state index contributed by atoms with van der Waals surface area (Å²) in [6.45, 7) is 4.35. The summed E-state index contributed by atoms with van der Waals surface area (Å²) in [7, 11) is 0. The van der Waals surface area contributed by atoms with Crippen LogP contribution in [0.3, 0.4) is 0 Å². The number of benzene rings is 1. The van der Waals surface area contributed by atoms with Crippen molar-refractivity contribution in [2.45, 2.75) is 25.9 Å². The van der Waals surface area contributed by atoms with E-state index in [-0.39, 0.29) is 6.04 Å². The average molecular weight is 299 g/mol. The van der Waals surface area contributed by atoms with Crippen LogP contribution in [0.1, 0.15) is 37.1 Å². The molecule has 0 amide bonds. The first-order chi connectivity index (χ1) is 10.2. The molecule has 0 fully saturated rings. The number of thiophene rings is 1. The van der Waals surface area contributed by atoms with Crippen LogP contribution in [0, 0.1) is 0 Å². The Bertz CT molecular complexity index is 678. The van der Waals surface area contributed by atoms with Crippen LogP contribution in [-0.2, 0) is 0 Å². The first-order valence-electron chi connectivity index (χ1n) is 6.85. The van der Waals surface area contributed by atoms with Crippen LogP contribution >= 0.6 is 11.3 Å². The van der Waals surface area contributed by atoms with Crippen molar-refractivity contribution in [3.63, 3.8) is 0 Å². The standard InChI is InChI=1S/C15H17N5S/c1-11(17-12(2)14-6-7-21-9-14)13-4-3-5-15(8-13)20-10-16-18-19-20/h3-12,17H,1-2H3. The van der Waals surface area contributed by atoms with Crippen molar-refractivity contribution in [1.29, 1.82) is 0 Å². The molecule has 6 heteroatoms. The van der Waals surface area contributed by atoms with Gasteiger partial charge in [-0.15, -0.1) is 5.10 Å². The van der Waals surface area contributed by atoms with Crippen LogP contribution in [0.4, 0.5) is 0 Å². The van der Waals surface area contributed by atoms with Gasteiger partial charge in [0.05, 0.1) is 5.69 Å². The minimum absolute atomic E-state index is 0.247. The lowest BCUT2D eigenvalue weighted by molar-refractivity contribution is 0.495. The van der Waals surface area contributed by atoms with E-state index in [4.69, 9.17) is 0 Å². The molecule has 2 aromatic heterocycles. The Kier molecular flexibility index (Phi) is 4.08. The predicted octanol–water partition coefficient (Wildman–Crippen LogP) is 3.14. The molecule has 2 heterocycles. The van der Waals surface area contributed by atoms with Crippen molar-refractivity contribution < 1.29 is 0 Å². The molecule has 0 saturated carbocycles. The molecular weight excluding hydrogens is 282 g/mol. The summed E-state index contributed by atoms with van der Waals surface area (Å²) >= 11 is 1.73. The Hall–Kier alpha value is -2.05. The normalized spacial score (nSPS) is 14.0. The van der Waals surface area contributed by atoms with Crippen molar-refractivity contribution >= 4 is 11.3 Å². The average Bonchev–Trinajstić information content (AvgIpc) is 3.20. The molecule has 0 aliphatic rings. The van der Waals surface area contributed by atoms with Gasteiger partial charge in [-0.25, -0.2) is 4.68 Å². The number of hydrogen-bond donors (Lipinski definition) is 1. The van der Waals surface area contributed by atoms with Gasteiger partial charge in [0.25, 0.3) is 0 Å². The highest BCUT2D eigenvalue weighted by atomic mass is 32.1. The number of tetrazole rings is 1. The maximum Gasteiger partial charge on any atom is 0.143 e. The van der Waals surface area contributed by atoms with Crippen LogP contribution in [0.2, 0.25) is 0 Å². The third kappa shape index (κ3) is 3.17. The molecule has 108 valence electrons. The molecular formula is C15H17N5S. The second-order valence-electron chi connectivity index (χ2n) is 5.02. The van der Waals surface area contributed by atoms with E-state index in [0.717, 1.165) is 5.69 Å². The molecule has 3 rings (SSSR count). The molecule has 0 aliphatic heterocycles. The number of nitrogens with zero attached hydrogens (tertiary/aromatic N) is 4. The van der Waals surface area contributed by atoms with E-state index in [1.54, 1.807) is 22.3 Å². The minimum atomic E-state index is 0.247. The molecule has 0 spiro atoms. The summed E-state index contributed by atoms with van der Waals surface area (Å²) < 4.78 is 1.67. The molecule has 0 saturated heterocycles. The minimum Gasteiger partial charge on any atom is -0.304 e. The Morgan fingerprint density at radius 3 is 2.71 bits per heavy atom. The molecule has 21 heavy (non-hydrogen) atoms. The summed E-state index contributed by atoms with van der Waals surface area (Å²) in [5.41, 5.74) is 3.50. The number of aromatic nitrogens is 4. The van der Waals surface area contributed by atoms with Crippen molar-refractivity contribution in [1.82, 2.24) is 25.5 Å². The summed E-state index contributed by atoms with van der Waals surface area (Å²) in [6.07, 6.45) is 1.60. The lowest BCUT2D eigenvalue weighted by atomic mass is 10.1. The first kappa shape index (κ1) is 13.9. The summed E-state index contributed by atoms with van der Waals surface area (Å²) in [5.74, 6) is 0. The monoisotopic (exact) mass is 299 g/mol. The van der Waals surface area contributed by atoms with Gasteiger partial charge < -0.3 is 5.32 Å². The lowest BCUT2D eigenvalue weighted by Gasteiger charge is -2.20. The Morgan fingerprint density at radius 1 is 1.14 bits per heavy atom. The van der Waals surface area contributed by atoms with E-state index in [9.17, 15) is 0 Å². The van der Waals surface area contributed by atoms with Crippen molar-refractivity contribution in [3.8, 4) is 5.69 Å². The zero-order valence-corrected chi connectivity index (χ0v) is 12.8. The number of rotatable bonds is 5. The third-order valence-electron chi connectivity index (χ3n) is 3.53. The van der Waals surface area contributed by atoms with Crippen LogP contribution in [0.15, 0.2) is 47.4 Å². The Balaban J connectivity index is 1.76. The van der Waals surface area contributed by atoms with Crippen LogP contribution in [0.5, 0.6) is 0 Å². The van der Waals surface area contributed by atoms with E-state index in [2.05, 4.69) is 63.6 Å². The number of hydrogen-bond acceptors (Lipinski definition) is 5. The fraction of sp³-hybridized carbons (Fsp3) is 0.267. The highest BCUT2D eigenvalue weighted by molar-refractivity contribution is 7.07. The van der Waals surface area contributed by atoms with E-state index in [1.807, 2.05) is 12.1 Å². The van der Waals surface area contributed by atoms with Gasteiger partial charge in [0.1, 0.15) is 6.33 Å². The molecule has 1 N–H and O–H groups in total. The molecule has 0 bridgehead atoms. The van der Waals surface area contributed by atoms with Gasteiger partial charge in [-0.2, -0.15) is 11.3 Å². The molecule has 2 unspecified atom stereocenters. The highest BCUT2D eigenvalue weighted by Crippen LogP contribution is 2.22.